The van der Waals surface area contributed by atoms with E-state index in [0.717, 1.165) is 24.3 Å². The molecule has 4 aromatic rings. The van der Waals surface area contributed by atoms with E-state index in [4.69, 9.17) is 4.84 Å². The summed E-state index contributed by atoms with van der Waals surface area (Å²) in [5.74, 6) is -3.10. The van der Waals surface area contributed by atoms with Crippen molar-refractivity contribution in [1.82, 2.24) is 19.1 Å². The number of hydrogen-bond donors (Lipinski definition) is 0. The van der Waals surface area contributed by atoms with Crippen molar-refractivity contribution in [3.8, 4) is 0 Å². The quantitative estimate of drug-likeness (QED) is 0.229. The zero-order chi connectivity index (χ0) is 22.5. The Kier molecular flexibility index (Phi) is 6.29. The van der Waals surface area contributed by atoms with Gasteiger partial charge in [0.05, 0.1) is 25.7 Å². The van der Waals surface area contributed by atoms with E-state index < -0.39 is 29.4 Å². The molecule has 0 aliphatic heterocycles. The first-order valence-electron chi connectivity index (χ1n) is 9.54. The van der Waals surface area contributed by atoms with Crippen molar-refractivity contribution in [2.45, 2.75) is 19.2 Å². The molecule has 2 aromatic carbocycles. The fourth-order valence-corrected chi connectivity index (χ4v) is 3.10. The minimum Gasteiger partial charge on any atom is -0.385 e. The molecule has 0 aliphatic rings. The lowest BCUT2D eigenvalue weighted by atomic mass is 10.1. The summed E-state index contributed by atoms with van der Waals surface area (Å²) in [7, 11) is 0. The Morgan fingerprint density at radius 3 is 2.16 bits per heavy atom. The van der Waals surface area contributed by atoms with E-state index in [1.807, 2.05) is 0 Å². The van der Waals surface area contributed by atoms with Gasteiger partial charge in [-0.05, 0) is 24.3 Å². The van der Waals surface area contributed by atoms with Gasteiger partial charge in [-0.1, -0.05) is 5.16 Å². The minimum atomic E-state index is -0.980. The lowest BCUT2D eigenvalue weighted by Crippen LogP contribution is -2.16. The molecular weight excluding hydrogens is 426 g/mol. The van der Waals surface area contributed by atoms with E-state index in [-0.39, 0.29) is 29.9 Å². The van der Waals surface area contributed by atoms with Gasteiger partial charge < -0.3 is 14.0 Å². The summed E-state index contributed by atoms with van der Waals surface area (Å²) < 4.78 is 59.0. The number of halogens is 4. The first-order valence-corrected chi connectivity index (χ1v) is 9.54. The van der Waals surface area contributed by atoms with Gasteiger partial charge in [-0.2, -0.15) is 0 Å². The molecule has 4 rings (SSSR count). The van der Waals surface area contributed by atoms with E-state index in [2.05, 4.69) is 15.1 Å². The van der Waals surface area contributed by atoms with Gasteiger partial charge >= 0.3 is 0 Å². The van der Waals surface area contributed by atoms with Gasteiger partial charge in [-0.25, -0.2) is 27.5 Å². The maximum Gasteiger partial charge on any atom is 0.173 e. The first kappa shape index (κ1) is 21.3. The lowest BCUT2D eigenvalue weighted by molar-refractivity contribution is 0.0426. The highest BCUT2D eigenvalue weighted by Gasteiger charge is 2.20. The Morgan fingerprint density at radius 1 is 0.875 bits per heavy atom. The lowest BCUT2D eigenvalue weighted by Gasteiger charge is -2.18. The normalized spacial score (nSPS) is 12.7. The van der Waals surface area contributed by atoms with Crippen LogP contribution in [0.2, 0.25) is 0 Å². The van der Waals surface area contributed by atoms with E-state index in [9.17, 15) is 17.6 Å². The fourth-order valence-electron chi connectivity index (χ4n) is 3.10. The molecule has 1 unspecified atom stereocenters. The third-order valence-corrected chi connectivity index (χ3v) is 4.67. The van der Waals surface area contributed by atoms with Crippen LogP contribution in [0.1, 0.15) is 17.2 Å². The zero-order valence-electron chi connectivity index (χ0n) is 16.6. The number of oxime groups is 1. The molecule has 0 radical (unpaired) electrons. The molecule has 10 heteroatoms. The van der Waals surface area contributed by atoms with E-state index in [1.165, 1.54) is 31.0 Å². The van der Waals surface area contributed by atoms with Gasteiger partial charge in [0, 0.05) is 48.0 Å². The zero-order valence-corrected chi connectivity index (χ0v) is 16.6. The monoisotopic (exact) mass is 443 g/mol. The molecule has 0 aliphatic carbocycles. The number of imidazole rings is 2. The summed E-state index contributed by atoms with van der Waals surface area (Å²) in [5.41, 5.74) is 0.199. The number of aromatic nitrogens is 4. The van der Waals surface area contributed by atoms with Crippen molar-refractivity contribution in [2.75, 3.05) is 0 Å². The minimum absolute atomic E-state index is 0.0149. The van der Waals surface area contributed by atoms with Gasteiger partial charge in [-0.3, -0.25) is 0 Å². The van der Waals surface area contributed by atoms with Crippen molar-refractivity contribution in [3.05, 3.63) is 108 Å². The van der Waals surface area contributed by atoms with E-state index in [1.54, 1.807) is 27.7 Å². The number of hydrogen-bond acceptors (Lipinski definition) is 4. The molecule has 0 spiro atoms. The van der Waals surface area contributed by atoms with Gasteiger partial charge in [0.1, 0.15) is 29.0 Å². The van der Waals surface area contributed by atoms with Crippen molar-refractivity contribution in [1.29, 1.82) is 0 Å². The molecule has 0 saturated carbocycles. The number of rotatable bonds is 8. The summed E-state index contributed by atoms with van der Waals surface area (Å²) in [5, 5.41) is 4.09. The highest BCUT2D eigenvalue weighted by Crippen LogP contribution is 2.25. The first-order chi connectivity index (χ1) is 15.5. The van der Waals surface area contributed by atoms with Crippen LogP contribution in [0, 0.1) is 23.3 Å². The standard InChI is InChI=1S/C22H17F4N5O/c23-15-1-3-17(19(25)9-15)21(11-30-7-5-27-13-30)29-32-22(12-31-8-6-28-14-31)18-4-2-16(24)10-20(18)26/h1-10,13-14,22H,11-12H2/b29-21-. The predicted molar refractivity (Wildman–Crippen MR) is 108 cm³/mol. The molecule has 0 bridgehead atoms. The molecule has 0 amide bonds. The maximum atomic E-state index is 14.5. The van der Waals surface area contributed by atoms with Crippen molar-refractivity contribution in [3.63, 3.8) is 0 Å². The number of nitrogens with zero attached hydrogens (tertiary/aromatic N) is 5. The van der Waals surface area contributed by atoms with Crippen LogP contribution in [-0.4, -0.2) is 24.8 Å². The van der Waals surface area contributed by atoms with Crippen LogP contribution in [0.15, 0.2) is 79.0 Å². The molecule has 0 saturated heterocycles. The second-order valence-corrected chi connectivity index (χ2v) is 6.92. The molecule has 6 nitrogen and oxygen atoms in total. The van der Waals surface area contributed by atoms with Crippen LogP contribution in [0.5, 0.6) is 0 Å². The van der Waals surface area contributed by atoms with Crippen molar-refractivity contribution >= 4 is 5.71 Å². The van der Waals surface area contributed by atoms with Crippen LogP contribution in [-0.2, 0) is 17.9 Å². The van der Waals surface area contributed by atoms with E-state index in [0.29, 0.717) is 0 Å². The van der Waals surface area contributed by atoms with Gasteiger partial charge in [0.25, 0.3) is 0 Å². The summed E-state index contributed by atoms with van der Waals surface area (Å²) in [6.07, 6.45) is 8.39. The van der Waals surface area contributed by atoms with Crippen molar-refractivity contribution in [2.24, 2.45) is 5.16 Å². The fraction of sp³-hybridized carbons (Fsp3) is 0.136. The van der Waals surface area contributed by atoms with Crippen LogP contribution in [0.4, 0.5) is 17.6 Å². The molecule has 2 heterocycles. The second-order valence-electron chi connectivity index (χ2n) is 6.92. The van der Waals surface area contributed by atoms with E-state index >= 15 is 0 Å². The Hall–Kier alpha value is -3.95. The molecule has 0 N–H and O–H groups in total. The van der Waals surface area contributed by atoms with Gasteiger partial charge in [0.15, 0.2) is 6.10 Å². The smallest absolute Gasteiger partial charge is 0.173 e. The summed E-state index contributed by atoms with van der Waals surface area (Å²) in [4.78, 5) is 13.5. The largest absolute Gasteiger partial charge is 0.385 e. The van der Waals surface area contributed by atoms with Crippen LogP contribution in [0.3, 0.4) is 0 Å². The van der Waals surface area contributed by atoms with Gasteiger partial charge in [-0.15, -0.1) is 0 Å². The van der Waals surface area contributed by atoms with Crippen LogP contribution < -0.4 is 0 Å². The second kappa shape index (κ2) is 9.46. The topological polar surface area (TPSA) is 57.2 Å². The molecule has 1 atom stereocenters. The molecule has 32 heavy (non-hydrogen) atoms. The molecule has 2 aromatic heterocycles. The highest BCUT2D eigenvalue weighted by molar-refractivity contribution is 6.00. The maximum absolute atomic E-state index is 14.5. The van der Waals surface area contributed by atoms with Crippen LogP contribution >= 0.6 is 0 Å². The van der Waals surface area contributed by atoms with Gasteiger partial charge in [0.2, 0.25) is 0 Å². The SMILES string of the molecule is Fc1ccc(/C(Cn2ccnc2)=N\OC(Cn2ccnc2)c2ccc(F)cc2F)c(F)c1. The summed E-state index contributed by atoms with van der Waals surface area (Å²) in [6.45, 7) is 0.169. The summed E-state index contributed by atoms with van der Waals surface area (Å²) in [6, 6.07) is 6.20. The molecule has 0 fully saturated rings. The third-order valence-electron chi connectivity index (χ3n) is 4.67. The Bertz CT molecular complexity index is 1210. The third kappa shape index (κ3) is 5.02. The molecule has 164 valence electrons. The number of benzene rings is 2. The Balaban J connectivity index is 1.70. The highest BCUT2D eigenvalue weighted by atomic mass is 19.1. The predicted octanol–water partition coefficient (Wildman–Crippen LogP) is 4.50. The summed E-state index contributed by atoms with van der Waals surface area (Å²) >= 11 is 0. The Morgan fingerprint density at radius 2 is 1.53 bits per heavy atom. The average Bonchev–Trinajstić information content (AvgIpc) is 3.45. The Labute approximate surface area is 180 Å². The molecular formula is C22H17F4N5O. The van der Waals surface area contributed by atoms with Crippen LogP contribution in [0.25, 0.3) is 0 Å². The average molecular weight is 443 g/mol. The van der Waals surface area contributed by atoms with Crippen molar-refractivity contribution < 1.29 is 22.4 Å².